The van der Waals surface area contributed by atoms with Crippen molar-refractivity contribution in [3.05, 3.63) is 48.0 Å². The molecular formula is C29H34N4O3. The van der Waals surface area contributed by atoms with E-state index in [1.165, 1.54) is 6.42 Å². The summed E-state index contributed by atoms with van der Waals surface area (Å²) in [6, 6.07) is 16.5. The number of anilines is 1. The van der Waals surface area contributed by atoms with Crippen molar-refractivity contribution in [3.63, 3.8) is 0 Å². The SMILES string of the molecule is CC(OC(=O)Nc1ccc(-c2c(C#N)c3ccc(OCCN(C)C)cc3n2C2CCC2)cc1)C1CC1. The Balaban J connectivity index is 1.44. The summed E-state index contributed by atoms with van der Waals surface area (Å²) in [6.45, 7) is 3.39. The maximum Gasteiger partial charge on any atom is 0.411 e. The summed E-state index contributed by atoms with van der Waals surface area (Å²) in [5.41, 5.74) is 4.27. The van der Waals surface area contributed by atoms with E-state index in [2.05, 4.69) is 26.9 Å². The van der Waals surface area contributed by atoms with Gasteiger partial charge in [0.2, 0.25) is 0 Å². The topological polar surface area (TPSA) is 79.5 Å². The first-order valence-electron chi connectivity index (χ1n) is 12.9. The molecule has 3 aromatic rings. The van der Waals surface area contributed by atoms with Crippen LogP contribution in [0.15, 0.2) is 42.5 Å². The van der Waals surface area contributed by atoms with Crippen molar-refractivity contribution in [1.82, 2.24) is 9.47 Å². The van der Waals surface area contributed by atoms with Gasteiger partial charge in [-0.05, 0) is 88.9 Å². The minimum absolute atomic E-state index is 0.0580. The summed E-state index contributed by atoms with van der Waals surface area (Å²) in [6.07, 6.45) is 5.15. The van der Waals surface area contributed by atoms with Crippen molar-refractivity contribution < 1.29 is 14.3 Å². The highest BCUT2D eigenvalue weighted by Crippen LogP contribution is 2.43. The van der Waals surface area contributed by atoms with E-state index in [1.807, 2.05) is 57.4 Å². The summed E-state index contributed by atoms with van der Waals surface area (Å²) in [5.74, 6) is 1.31. The van der Waals surface area contributed by atoms with Gasteiger partial charge in [0.25, 0.3) is 0 Å². The maximum atomic E-state index is 12.3. The Morgan fingerprint density at radius 1 is 1.17 bits per heavy atom. The van der Waals surface area contributed by atoms with Gasteiger partial charge in [0.15, 0.2) is 0 Å². The van der Waals surface area contributed by atoms with E-state index in [1.54, 1.807) is 0 Å². The van der Waals surface area contributed by atoms with Gasteiger partial charge in [0.1, 0.15) is 24.5 Å². The number of hydrogen-bond donors (Lipinski definition) is 1. The van der Waals surface area contributed by atoms with Crippen molar-refractivity contribution in [3.8, 4) is 23.1 Å². The molecule has 1 heterocycles. The number of nitrogens with zero attached hydrogens (tertiary/aromatic N) is 3. The molecule has 0 saturated heterocycles. The second-order valence-corrected chi connectivity index (χ2v) is 10.3. The van der Waals surface area contributed by atoms with Crippen LogP contribution in [0, 0.1) is 17.2 Å². The summed E-state index contributed by atoms with van der Waals surface area (Å²) in [7, 11) is 4.05. The molecule has 1 N–H and O–H groups in total. The van der Waals surface area contributed by atoms with E-state index in [-0.39, 0.29) is 6.10 Å². The number of benzene rings is 2. The summed E-state index contributed by atoms with van der Waals surface area (Å²) in [4.78, 5) is 14.4. The Labute approximate surface area is 212 Å². The lowest BCUT2D eigenvalue weighted by molar-refractivity contribution is 0.108. The van der Waals surface area contributed by atoms with Crippen LogP contribution < -0.4 is 10.1 Å². The first-order chi connectivity index (χ1) is 17.4. The quantitative estimate of drug-likeness (QED) is 0.390. The number of carbonyl (C=O) groups excluding carboxylic acids is 1. The molecule has 0 bridgehead atoms. The number of fused-ring (bicyclic) bond motifs is 1. The largest absolute Gasteiger partial charge is 0.492 e. The average Bonchev–Trinajstić information content (AvgIpc) is 3.62. The number of rotatable bonds is 9. The number of nitrogens with one attached hydrogen (secondary N) is 1. The van der Waals surface area contributed by atoms with Crippen molar-refractivity contribution in [2.45, 2.75) is 51.2 Å². The first kappa shape index (κ1) is 24.2. The van der Waals surface area contributed by atoms with Crippen LogP contribution in [0.25, 0.3) is 22.2 Å². The molecule has 2 aliphatic rings. The summed E-state index contributed by atoms with van der Waals surface area (Å²) < 4.78 is 13.8. The molecule has 1 unspecified atom stereocenters. The molecule has 5 rings (SSSR count). The van der Waals surface area contributed by atoms with Crippen molar-refractivity contribution >= 4 is 22.7 Å². The zero-order valence-corrected chi connectivity index (χ0v) is 21.3. The lowest BCUT2D eigenvalue weighted by Crippen LogP contribution is -2.21. The number of carbonyl (C=O) groups is 1. The predicted molar refractivity (Wildman–Crippen MR) is 141 cm³/mol. The number of ether oxygens (including phenoxy) is 2. The molecule has 2 aliphatic carbocycles. The molecule has 1 amide bonds. The fourth-order valence-corrected chi connectivity index (χ4v) is 4.84. The number of aromatic nitrogens is 1. The Bertz CT molecular complexity index is 1280. The molecule has 2 aromatic carbocycles. The third kappa shape index (κ3) is 5.05. The normalized spacial score (nSPS) is 16.4. The lowest BCUT2D eigenvalue weighted by Gasteiger charge is -2.30. The molecule has 36 heavy (non-hydrogen) atoms. The van der Waals surface area contributed by atoms with Crippen LogP contribution in [0.5, 0.6) is 5.75 Å². The first-order valence-corrected chi connectivity index (χ1v) is 12.9. The van der Waals surface area contributed by atoms with Gasteiger partial charge >= 0.3 is 6.09 Å². The molecule has 2 fully saturated rings. The van der Waals surface area contributed by atoms with Gasteiger partial charge in [0.05, 0.1) is 16.8 Å². The minimum Gasteiger partial charge on any atom is -0.492 e. The van der Waals surface area contributed by atoms with Gasteiger partial charge in [-0.2, -0.15) is 5.26 Å². The molecule has 2 saturated carbocycles. The van der Waals surface area contributed by atoms with Crippen molar-refractivity contribution in [1.29, 1.82) is 5.26 Å². The Kier molecular flexibility index (Phi) is 6.88. The summed E-state index contributed by atoms with van der Waals surface area (Å²) >= 11 is 0. The maximum absolute atomic E-state index is 12.3. The van der Waals surface area contributed by atoms with E-state index in [4.69, 9.17) is 9.47 Å². The van der Waals surface area contributed by atoms with E-state index in [9.17, 15) is 10.1 Å². The number of likely N-dealkylation sites (N-methyl/N-ethyl adjacent to an activating group) is 1. The monoisotopic (exact) mass is 486 g/mol. The molecule has 7 nitrogen and oxygen atoms in total. The lowest BCUT2D eigenvalue weighted by atomic mass is 9.92. The van der Waals surface area contributed by atoms with Gasteiger partial charge in [-0.1, -0.05) is 12.1 Å². The third-order valence-electron chi connectivity index (χ3n) is 7.32. The standard InChI is InChI=1S/C29H34N4O3/c1-19(20-7-8-20)36-29(34)31-22-11-9-21(10-12-22)28-26(18-30)25-14-13-24(35-16-15-32(2)3)17-27(25)33(28)23-5-4-6-23/h9-14,17,19-20,23H,4-8,15-16H2,1-3H3,(H,31,34). The predicted octanol–water partition coefficient (Wildman–Crippen LogP) is 6.19. The Hall–Kier alpha value is -3.50. The highest BCUT2D eigenvalue weighted by molar-refractivity contribution is 5.96. The number of nitriles is 1. The van der Waals surface area contributed by atoms with E-state index in [0.29, 0.717) is 29.8 Å². The molecular weight excluding hydrogens is 452 g/mol. The molecule has 1 atom stereocenters. The van der Waals surface area contributed by atoms with E-state index >= 15 is 0 Å². The van der Waals surface area contributed by atoms with Gasteiger partial charge in [0, 0.05) is 29.7 Å². The summed E-state index contributed by atoms with van der Waals surface area (Å²) in [5, 5.41) is 13.9. The fourth-order valence-electron chi connectivity index (χ4n) is 4.84. The zero-order valence-electron chi connectivity index (χ0n) is 21.3. The van der Waals surface area contributed by atoms with E-state index in [0.717, 1.165) is 60.1 Å². The van der Waals surface area contributed by atoms with Crippen LogP contribution in [0.4, 0.5) is 10.5 Å². The molecule has 1 aromatic heterocycles. The van der Waals surface area contributed by atoms with Gasteiger partial charge in [-0.15, -0.1) is 0 Å². The highest BCUT2D eigenvalue weighted by Gasteiger charge is 2.31. The van der Waals surface area contributed by atoms with Crippen LogP contribution >= 0.6 is 0 Å². The van der Waals surface area contributed by atoms with Crippen molar-refractivity contribution in [2.75, 3.05) is 32.6 Å². The fraction of sp³-hybridized carbons (Fsp3) is 0.448. The minimum atomic E-state index is -0.426. The van der Waals surface area contributed by atoms with E-state index < -0.39 is 6.09 Å². The Morgan fingerprint density at radius 3 is 2.53 bits per heavy atom. The Morgan fingerprint density at radius 2 is 1.92 bits per heavy atom. The van der Waals surface area contributed by atoms with Crippen LogP contribution in [0.1, 0.15) is 50.6 Å². The second-order valence-electron chi connectivity index (χ2n) is 10.3. The highest BCUT2D eigenvalue weighted by atomic mass is 16.6. The molecule has 0 radical (unpaired) electrons. The van der Waals surface area contributed by atoms with Gasteiger partial charge in [-0.3, -0.25) is 5.32 Å². The van der Waals surface area contributed by atoms with Crippen LogP contribution in [0.3, 0.4) is 0 Å². The van der Waals surface area contributed by atoms with Crippen LogP contribution in [-0.2, 0) is 4.74 Å². The zero-order chi connectivity index (χ0) is 25.2. The average molecular weight is 487 g/mol. The second kappa shape index (κ2) is 10.2. The smallest absolute Gasteiger partial charge is 0.411 e. The van der Waals surface area contributed by atoms with Gasteiger partial charge < -0.3 is 18.9 Å². The number of hydrogen-bond acceptors (Lipinski definition) is 5. The molecule has 7 heteroatoms. The number of amides is 1. The van der Waals surface area contributed by atoms with Crippen LogP contribution in [0.2, 0.25) is 0 Å². The van der Waals surface area contributed by atoms with Crippen molar-refractivity contribution in [2.24, 2.45) is 5.92 Å². The third-order valence-corrected chi connectivity index (χ3v) is 7.32. The van der Waals surface area contributed by atoms with Crippen LogP contribution in [-0.4, -0.2) is 48.9 Å². The molecule has 0 spiro atoms. The van der Waals surface area contributed by atoms with Gasteiger partial charge in [-0.25, -0.2) is 4.79 Å². The molecule has 188 valence electrons. The molecule has 0 aliphatic heterocycles.